The van der Waals surface area contributed by atoms with Gasteiger partial charge in [0.15, 0.2) is 0 Å². The maximum absolute atomic E-state index is 9.98. The maximum atomic E-state index is 9.98. The zero-order valence-corrected chi connectivity index (χ0v) is 4.70. The van der Waals surface area contributed by atoms with Crippen molar-refractivity contribution in [2.24, 2.45) is 4.99 Å². The molecular weight excluding hydrogens is 110 g/mol. The van der Waals surface area contributed by atoms with Crippen molar-refractivity contribution in [1.29, 1.82) is 0 Å². The Balaban J connectivity index is 2.36. The second-order valence-corrected chi connectivity index (χ2v) is 2.44. The van der Waals surface area contributed by atoms with Gasteiger partial charge in [0.05, 0.1) is 5.04 Å². The first-order valence-corrected chi connectivity index (χ1v) is 3.16. The van der Waals surface area contributed by atoms with Crippen molar-refractivity contribution in [3.05, 3.63) is 0 Å². The lowest BCUT2D eigenvalue weighted by molar-refractivity contribution is 0.247. The van der Waals surface area contributed by atoms with E-state index < -0.39 is 0 Å². The number of hydrogen-bond donors (Lipinski definition) is 0. The molecule has 3 heteroatoms. The van der Waals surface area contributed by atoms with Gasteiger partial charge >= 0.3 is 0 Å². The minimum Gasteiger partial charge on any atom is -0.279 e. The van der Waals surface area contributed by atoms with Crippen molar-refractivity contribution < 1.29 is 5.11 Å². The van der Waals surface area contributed by atoms with Crippen LogP contribution < -0.4 is 0 Å². The summed E-state index contributed by atoms with van der Waals surface area (Å²) in [5.74, 6) is 1.01. The average Bonchev–Trinajstić information content (AvgIpc) is 2.14. The third kappa shape index (κ3) is 1.17. The molecule has 2 nitrogen and oxygen atoms in total. The van der Waals surface area contributed by atoms with E-state index in [1.54, 1.807) is 11.8 Å². The molecule has 0 atom stereocenters. The van der Waals surface area contributed by atoms with Crippen LogP contribution in [0.15, 0.2) is 4.99 Å². The summed E-state index contributed by atoms with van der Waals surface area (Å²) < 4.78 is 0. The topological polar surface area (TPSA) is 32.3 Å². The summed E-state index contributed by atoms with van der Waals surface area (Å²) in [5.41, 5.74) is 0. The van der Waals surface area contributed by atoms with Crippen LogP contribution >= 0.6 is 11.8 Å². The Morgan fingerprint density at radius 3 is 3.00 bits per heavy atom. The summed E-state index contributed by atoms with van der Waals surface area (Å²) >= 11 is 1.58. The predicted molar refractivity (Wildman–Crippen MR) is 30.3 cm³/mol. The van der Waals surface area contributed by atoms with Gasteiger partial charge in [0.25, 0.3) is 0 Å². The van der Waals surface area contributed by atoms with E-state index in [-0.39, 0.29) is 6.61 Å². The average molecular weight is 116 g/mol. The molecule has 1 radical (unpaired) electrons. The van der Waals surface area contributed by atoms with Gasteiger partial charge in [0, 0.05) is 12.3 Å². The van der Waals surface area contributed by atoms with E-state index in [1.165, 1.54) is 0 Å². The van der Waals surface area contributed by atoms with E-state index >= 15 is 0 Å². The molecule has 0 saturated carbocycles. The Kier molecular flexibility index (Phi) is 1.70. The fraction of sp³-hybridized carbons (Fsp3) is 0.750. The zero-order valence-electron chi connectivity index (χ0n) is 3.89. The van der Waals surface area contributed by atoms with Gasteiger partial charge in [-0.15, -0.1) is 11.8 Å². The molecule has 1 aliphatic rings. The third-order valence-electron chi connectivity index (χ3n) is 0.772. The number of nitrogens with zero attached hydrogens (tertiary/aromatic N) is 1. The summed E-state index contributed by atoms with van der Waals surface area (Å²) in [5, 5.41) is 10.8. The van der Waals surface area contributed by atoms with Gasteiger partial charge < -0.3 is 0 Å². The van der Waals surface area contributed by atoms with E-state index in [1.807, 2.05) is 0 Å². The Morgan fingerprint density at radius 1 is 1.86 bits per heavy atom. The van der Waals surface area contributed by atoms with Gasteiger partial charge in [-0.05, 0) is 0 Å². The number of aliphatic imine (C=N–C) groups is 1. The SMILES string of the molecule is [O]CC1=NCCS1. The highest BCUT2D eigenvalue weighted by molar-refractivity contribution is 8.14. The van der Waals surface area contributed by atoms with Crippen LogP contribution in [-0.4, -0.2) is 23.9 Å². The van der Waals surface area contributed by atoms with Crippen LogP contribution in [-0.2, 0) is 5.11 Å². The van der Waals surface area contributed by atoms with Gasteiger partial charge in [-0.25, -0.2) is 5.11 Å². The lowest BCUT2D eigenvalue weighted by Gasteiger charge is -1.83. The summed E-state index contributed by atoms with van der Waals surface area (Å²) in [4.78, 5) is 3.92. The van der Waals surface area contributed by atoms with Crippen molar-refractivity contribution in [3.63, 3.8) is 0 Å². The van der Waals surface area contributed by atoms with Crippen LogP contribution in [0.25, 0.3) is 0 Å². The highest BCUT2D eigenvalue weighted by Crippen LogP contribution is 2.09. The van der Waals surface area contributed by atoms with Gasteiger partial charge in [-0.1, -0.05) is 0 Å². The molecule has 1 aliphatic heterocycles. The van der Waals surface area contributed by atoms with Crippen LogP contribution in [0.5, 0.6) is 0 Å². The van der Waals surface area contributed by atoms with E-state index in [9.17, 15) is 5.11 Å². The van der Waals surface area contributed by atoms with E-state index in [2.05, 4.69) is 4.99 Å². The number of hydrogen-bond acceptors (Lipinski definition) is 2. The second-order valence-electron chi connectivity index (χ2n) is 1.27. The lowest BCUT2D eigenvalue weighted by atomic mass is 10.7. The highest BCUT2D eigenvalue weighted by atomic mass is 32.2. The molecule has 0 saturated heterocycles. The van der Waals surface area contributed by atoms with Crippen molar-refractivity contribution in [3.8, 4) is 0 Å². The minimum absolute atomic E-state index is 0.120. The summed E-state index contributed by atoms with van der Waals surface area (Å²) in [7, 11) is 0. The molecule has 1 heterocycles. The Hall–Kier alpha value is -0.0200. The van der Waals surface area contributed by atoms with Gasteiger partial charge in [-0.3, -0.25) is 4.99 Å². The van der Waals surface area contributed by atoms with Crippen molar-refractivity contribution >= 4 is 16.8 Å². The fourth-order valence-corrected chi connectivity index (χ4v) is 1.15. The fourth-order valence-electron chi connectivity index (χ4n) is 0.467. The lowest BCUT2D eigenvalue weighted by Crippen LogP contribution is -1.90. The van der Waals surface area contributed by atoms with Crippen molar-refractivity contribution in [1.82, 2.24) is 0 Å². The molecule has 0 unspecified atom stereocenters. The number of rotatable bonds is 1. The molecule has 0 N–H and O–H groups in total. The van der Waals surface area contributed by atoms with Gasteiger partial charge in [0.2, 0.25) is 0 Å². The molecule has 0 bridgehead atoms. The molecule has 0 aromatic heterocycles. The second kappa shape index (κ2) is 2.33. The monoisotopic (exact) mass is 116 g/mol. The Bertz CT molecular complexity index is 91.7. The summed E-state index contributed by atoms with van der Waals surface area (Å²) in [6.45, 7) is 0.729. The first kappa shape index (κ1) is 5.12. The number of thioether (sulfide) groups is 1. The molecular formula is C4H6NOS. The molecule has 1 rings (SSSR count). The first-order chi connectivity index (χ1) is 3.43. The van der Waals surface area contributed by atoms with E-state index in [0.717, 1.165) is 17.3 Å². The quantitative estimate of drug-likeness (QED) is 0.492. The van der Waals surface area contributed by atoms with E-state index in [0.29, 0.717) is 0 Å². The summed E-state index contributed by atoms with van der Waals surface area (Å²) in [6.07, 6.45) is 0. The normalized spacial score (nSPS) is 19.9. The standard InChI is InChI=1S/C4H6NOS/c6-3-4-5-1-2-7-4/h1-3H2. The highest BCUT2D eigenvalue weighted by Gasteiger charge is 2.03. The Morgan fingerprint density at radius 2 is 2.71 bits per heavy atom. The molecule has 0 spiro atoms. The molecule has 39 valence electrons. The molecule has 0 aromatic rings. The summed E-state index contributed by atoms with van der Waals surface area (Å²) in [6, 6.07) is 0. The van der Waals surface area contributed by atoms with E-state index in [4.69, 9.17) is 0 Å². The smallest absolute Gasteiger partial charge is 0.130 e. The van der Waals surface area contributed by atoms with Crippen molar-refractivity contribution in [2.75, 3.05) is 18.9 Å². The minimum atomic E-state index is -0.120. The third-order valence-corrected chi connectivity index (χ3v) is 1.74. The molecule has 7 heavy (non-hydrogen) atoms. The largest absolute Gasteiger partial charge is 0.279 e. The molecule has 0 aromatic carbocycles. The van der Waals surface area contributed by atoms with Crippen molar-refractivity contribution in [2.45, 2.75) is 0 Å². The zero-order chi connectivity index (χ0) is 5.11. The first-order valence-electron chi connectivity index (χ1n) is 2.17. The van der Waals surface area contributed by atoms with Gasteiger partial charge in [-0.2, -0.15) is 0 Å². The van der Waals surface area contributed by atoms with Crippen LogP contribution in [0, 0.1) is 0 Å². The molecule has 0 aliphatic carbocycles. The van der Waals surface area contributed by atoms with Crippen LogP contribution in [0.1, 0.15) is 0 Å². The maximum Gasteiger partial charge on any atom is 0.130 e. The molecule has 0 fully saturated rings. The van der Waals surface area contributed by atoms with Crippen LogP contribution in [0.2, 0.25) is 0 Å². The van der Waals surface area contributed by atoms with Crippen LogP contribution in [0.4, 0.5) is 0 Å². The molecule has 0 amide bonds. The Labute approximate surface area is 46.6 Å². The van der Waals surface area contributed by atoms with Crippen LogP contribution in [0.3, 0.4) is 0 Å². The van der Waals surface area contributed by atoms with Gasteiger partial charge in [0.1, 0.15) is 6.61 Å². The predicted octanol–water partition coefficient (Wildman–Crippen LogP) is 0.562.